The van der Waals surface area contributed by atoms with Crippen LogP contribution in [0.5, 0.6) is 0 Å². The van der Waals surface area contributed by atoms with Crippen molar-refractivity contribution in [2.45, 2.75) is 10.7 Å². The van der Waals surface area contributed by atoms with Crippen LogP contribution in [0.2, 0.25) is 0 Å². The van der Waals surface area contributed by atoms with Crippen LogP contribution in [0.3, 0.4) is 0 Å². The molecule has 27 heavy (non-hydrogen) atoms. The van der Waals surface area contributed by atoms with E-state index in [4.69, 9.17) is 39.5 Å². The lowest BCUT2D eigenvalue weighted by Crippen LogP contribution is -2.44. The summed E-state index contributed by atoms with van der Waals surface area (Å²) in [5.41, 5.74) is 1.12. The van der Waals surface area contributed by atoms with Crippen molar-refractivity contribution >= 4 is 46.7 Å². The SMILES string of the molecule is CCOC(=O)c1ccc(-c2nc(N3CCNCC3)nc(C(Cl)(Cl)Cl)n2)cc1. The number of hydrogen-bond acceptors (Lipinski definition) is 7. The van der Waals surface area contributed by atoms with Crippen LogP contribution in [0.15, 0.2) is 24.3 Å². The summed E-state index contributed by atoms with van der Waals surface area (Å²) in [5.74, 6) is 0.497. The standard InChI is InChI=1S/C17H18Cl3N5O2/c1-2-27-14(26)12-5-3-11(4-6-12)13-22-15(17(18,19)20)24-16(23-13)25-9-7-21-8-10-25/h3-6,21H,2,7-10H2,1H3. The number of rotatable bonds is 4. The van der Waals surface area contributed by atoms with E-state index >= 15 is 0 Å². The van der Waals surface area contributed by atoms with Crippen LogP contribution in [0, 0.1) is 0 Å². The van der Waals surface area contributed by atoms with Gasteiger partial charge in [0.05, 0.1) is 12.2 Å². The van der Waals surface area contributed by atoms with E-state index < -0.39 is 3.79 Å². The van der Waals surface area contributed by atoms with E-state index in [1.54, 1.807) is 31.2 Å². The van der Waals surface area contributed by atoms with Gasteiger partial charge in [-0.3, -0.25) is 0 Å². The summed E-state index contributed by atoms with van der Waals surface area (Å²) in [6, 6.07) is 6.75. The van der Waals surface area contributed by atoms with Gasteiger partial charge in [0.2, 0.25) is 9.74 Å². The molecule has 7 nitrogen and oxygen atoms in total. The Hall–Kier alpha value is -1.67. The molecule has 3 rings (SSSR count). The third kappa shape index (κ3) is 4.99. The molecule has 0 radical (unpaired) electrons. The number of hydrogen-bond donors (Lipinski definition) is 1. The van der Waals surface area contributed by atoms with E-state index in [9.17, 15) is 4.79 Å². The number of aromatic nitrogens is 3. The largest absolute Gasteiger partial charge is 0.462 e. The van der Waals surface area contributed by atoms with E-state index in [2.05, 4.69) is 20.3 Å². The minimum atomic E-state index is -1.77. The smallest absolute Gasteiger partial charge is 0.338 e. The molecule has 1 N–H and O–H groups in total. The molecule has 0 spiro atoms. The second-order valence-electron chi connectivity index (χ2n) is 5.82. The Labute approximate surface area is 172 Å². The zero-order valence-corrected chi connectivity index (χ0v) is 16.9. The lowest BCUT2D eigenvalue weighted by atomic mass is 10.1. The maximum absolute atomic E-state index is 11.8. The molecular formula is C17H18Cl3N5O2. The highest BCUT2D eigenvalue weighted by atomic mass is 35.6. The number of anilines is 1. The zero-order chi connectivity index (χ0) is 19.4. The first-order chi connectivity index (χ1) is 12.9. The topological polar surface area (TPSA) is 80.2 Å². The lowest BCUT2D eigenvalue weighted by molar-refractivity contribution is 0.0526. The number of ether oxygens (including phenoxy) is 1. The molecule has 0 atom stereocenters. The molecule has 2 heterocycles. The van der Waals surface area contributed by atoms with Crippen molar-refractivity contribution < 1.29 is 9.53 Å². The van der Waals surface area contributed by atoms with Crippen molar-refractivity contribution in [2.75, 3.05) is 37.7 Å². The number of halogens is 3. The summed E-state index contributed by atoms with van der Waals surface area (Å²) in [7, 11) is 0. The fourth-order valence-corrected chi connectivity index (χ4v) is 2.85. The van der Waals surface area contributed by atoms with Gasteiger partial charge in [0, 0.05) is 31.7 Å². The molecule has 1 saturated heterocycles. The number of carbonyl (C=O) groups is 1. The Kier molecular flexibility index (Phi) is 6.37. The average Bonchev–Trinajstić information content (AvgIpc) is 2.68. The zero-order valence-electron chi connectivity index (χ0n) is 14.6. The molecule has 0 amide bonds. The van der Waals surface area contributed by atoms with Crippen LogP contribution >= 0.6 is 34.8 Å². The Morgan fingerprint density at radius 3 is 2.41 bits per heavy atom. The molecule has 2 aromatic rings. The van der Waals surface area contributed by atoms with Crippen molar-refractivity contribution in [2.24, 2.45) is 0 Å². The Morgan fingerprint density at radius 2 is 1.81 bits per heavy atom. The molecule has 0 unspecified atom stereocenters. The van der Waals surface area contributed by atoms with Crippen LogP contribution < -0.4 is 10.2 Å². The minimum Gasteiger partial charge on any atom is -0.462 e. The number of nitrogens with zero attached hydrogens (tertiary/aromatic N) is 4. The maximum atomic E-state index is 11.8. The number of carbonyl (C=O) groups excluding carboxylic acids is 1. The minimum absolute atomic E-state index is 0.0560. The monoisotopic (exact) mass is 429 g/mol. The molecule has 1 aromatic heterocycles. The first-order valence-corrected chi connectivity index (χ1v) is 9.58. The highest BCUT2D eigenvalue weighted by Crippen LogP contribution is 2.37. The van der Waals surface area contributed by atoms with Crippen LogP contribution in [0.4, 0.5) is 5.95 Å². The fourth-order valence-electron chi connectivity index (χ4n) is 2.60. The summed E-state index contributed by atoms with van der Waals surface area (Å²) in [4.78, 5) is 27.0. The molecule has 0 aliphatic carbocycles. The number of piperazine rings is 1. The number of esters is 1. The van der Waals surface area contributed by atoms with E-state index in [-0.39, 0.29) is 11.8 Å². The molecule has 0 saturated carbocycles. The van der Waals surface area contributed by atoms with E-state index in [0.717, 1.165) is 26.2 Å². The van der Waals surface area contributed by atoms with Gasteiger partial charge in [-0.2, -0.15) is 9.97 Å². The van der Waals surface area contributed by atoms with Gasteiger partial charge in [-0.1, -0.05) is 46.9 Å². The number of nitrogens with one attached hydrogen (secondary N) is 1. The van der Waals surface area contributed by atoms with Crippen molar-refractivity contribution in [1.82, 2.24) is 20.3 Å². The van der Waals surface area contributed by atoms with Crippen LogP contribution in [-0.2, 0) is 8.53 Å². The number of alkyl halides is 3. The quantitative estimate of drug-likeness (QED) is 0.590. The summed E-state index contributed by atoms with van der Waals surface area (Å²) in [6.07, 6.45) is 0. The highest BCUT2D eigenvalue weighted by Gasteiger charge is 2.29. The van der Waals surface area contributed by atoms with E-state index in [1.807, 2.05) is 4.90 Å². The lowest BCUT2D eigenvalue weighted by Gasteiger charge is -2.28. The van der Waals surface area contributed by atoms with E-state index in [0.29, 0.717) is 29.5 Å². The van der Waals surface area contributed by atoms with Gasteiger partial charge in [-0.15, -0.1) is 0 Å². The normalized spacial score (nSPS) is 14.9. The predicted molar refractivity (Wildman–Crippen MR) is 106 cm³/mol. The molecule has 1 aliphatic rings. The van der Waals surface area contributed by atoms with E-state index in [1.165, 1.54) is 0 Å². The maximum Gasteiger partial charge on any atom is 0.338 e. The summed E-state index contributed by atoms with van der Waals surface area (Å²) >= 11 is 18.0. The van der Waals surface area contributed by atoms with Crippen molar-refractivity contribution in [1.29, 1.82) is 0 Å². The molecule has 1 fully saturated rings. The fraction of sp³-hybridized carbons (Fsp3) is 0.412. The van der Waals surface area contributed by atoms with Gasteiger partial charge < -0.3 is 15.0 Å². The average molecular weight is 431 g/mol. The molecule has 1 aliphatic heterocycles. The summed E-state index contributed by atoms with van der Waals surface area (Å²) < 4.78 is 3.22. The molecule has 0 bridgehead atoms. The second kappa shape index (κ2) is 8.56. The third-order valence-electron chi connectivity index (χ3n) is 3.93. The predicted octanol–water partition coefficient (Wildman–Crippen LogP) is 2.95. The highest BCUT2D eigenvalue weighted by molar-refractivity contribution is 6.66. The van der Waals surface area contributed by atoms with Crippen LogP contribution in [0.1, 0.15) is 23.1 Å². The van der Waals surface area contributed by atoms with Crippen LogP contribution in [0.25, 0.3) is 11.4 Å². The third-order valence-corrected chi connectivity index (χ3v) is 4.44. The van der Waals surface area contributed by atoms with Gasteiger partial charge in [-0.05, 0) is 19.1 Å². The van der Waals surface area contributed by atoms with Crippen molar-refractivity contribution in [3.05, 3.63) is 35.7 Å². The first-order valence-electron chi connectivity index (χ1n) is 8.45. The summed E-state index contributed by atoms with van der Waals surface area (Å²) in [6.45, 7) is 5.19. The molecular weight excluding hydrogens is 413 g/mol. The Balaban J connectivity index is 1.97. The van der Waals surface area contributed by atoms with Crippen LogP contribution in [-0.4, -0.2) is 53.7 Å². The molecule has 10 heteroatoms. The van der Waals surface area contributed by atoms with Crippen molar-refractivity contribution in [3.8, 4) is 11.4 Å². The van der Waals surface area contributed by atoms with Crippen molar-refractivity contribution in [3.63, 3.8) is 0 Å². The second-order valence-corrected chi connectivity index (χ2v) is 8.10. The van der Waals surface area contributed by atoms with Gasteiger partial charge >= 0.3 is 5.97 Å². The van der Waals surface area contributed by atoms with Gasteiger partial charge in [0.15, 0.2) is 11.6 Å². The number of benzene rings is 1. The van der Waals surface area contributed by atoms with Gasteiger partial charge in [-0.25, -0.2) is 9.78 Å². The molecule has 144 valence electrons. The Morgan fingerprint density at radius 1 is 1.15 bits per heavy atom. The Bertz CT molecular complexity index is 805. The first kappa shape index (κ1) is 20.1. The molecule has 1 aromatic carbocycles. The van der Waals surface area contributed by atoms with Gasteiger partial charge in [0.25, 0.3) is 0 Å². The summed E-state index contributed by atoms with van der Waals surface area (Å²) in [5, 5.41) is 3.27. The van der Waals surface area contributed by atoms with Gasteiger partial charge in [0.1, 0.15) is 0 Å².